The van der Waals surface area contributed by atoms with E-state index in [9.17, 15) is 4.79 Å². The van der Waals surface area contributed by atoms with E-state index >= 15 is 0 Å². The van der Waals surface area contributed by atoms with E-state index in [0.29, 0.717) is 38.7 Å². The maximum Gasteiger partial charge on any atom is 0.236 e. The second-order valence-electron chi connectivity index (χ2n) is 4.64. The molecule has 0 heterocycles. The lowest BCUT2D eigenvalue weighted by Gasteiger charge is -2.22. The standard InChI is InChI=1S/C13H23N3O2/c1-18-10-9-16(8-4-7-14)13(17)11-15-12-5-2-3-6-12/h12,15H,2-6,8-11H2,1H3. The molecule has 1 saturated carbocycles. The maximum atomic E-state index is 12.0. The Bertz CT molecular complexity index is 282. The van der Waals surface area contributed by atoms with Crippen LogP contribution in [-0.4, -0.2) is 50.2 Å². The second-order valence-corrected chi connectivity index (χ2v) is 4.64. The average Bonchev–Trinajstić information content (AvgIpc) is 2.89. The number of nitriles is 1. The molecule has 1 fully saturated rings. The lowest BCUT2D eigenvalue weighted by atomic mass is 10.2. The van der Waals surface area contributed by atoms with E-state index in [-0.39, 0.29) is 5.91 Å². The summed E-state index contributed by atoms with van der Waals surface area (Å²) in [6.07, 6.45) is 5.23. The molecular formula is C13H23N3O2. The zero-order chi connectivity index (χ0) is 13.2. The fraction of sp³-hybridized carbons (Fsp3) is 0.846. The molecule has 18 heavy (non-hydrogen) atoms. The van der Waals surface area contributed by atoms with Gasteiger partial charge in [-0.05, 0) is 12.8 Å². The Morgan fingerprint density at radius 3 is 2.78 bits per heavy atom. The van der Waals surface area contributed by atoms with Gasteiger partial charge in [0.05, 0.1) is 25.6 Å². The molecule has 1 aliphatic rings. The predicted octanol–water partition coefficient (Wildman–Crippen LogP) is 0.907. The maximum absolute atomic E-state index is 12.0. The van der Waals surface area contributed by atoms with Crippen LogP contribution >= 0.6 is 0 Å². The van der Waals surface area contributed by atoms with Crippen molar-refractivity contribution in [3.05, 3.63) is 0 Å². The largest absolute Gasteiger partial charge is 0.383 e. The van der Waals surface area contributed by atoms with E-state index < -0.39 is 0 Å². The highest BCUT2D eigenvalue weighted by atomic mass is 16.5. The highest BCUT2D eigenvalue weighted by Gasteiger charge is 2.18. The highest BCUT2D eigenvalue weighted by Crippen LogP contribution is 2.17. The van der Waals surface area contributed by atoms with Crippen LogP contribution in [0.2, 0.25) is 0 Å². The fourth-order valence-electron chi connectivity index (χ4n) is 2.22. The van der Waals surface area contributed by atoms with Gasteiger partial charge in [-0.2, -0.15) is 5.26 Å². The molecule has 0 spiro atoms. The summed E-state index contributed by atoms with van der Waals surface area (Å²) in [5, 5.41) is 11.9. The summed E-state index contributed by atoms with van der Waals surface area (Å²) < 4.78 is 4.98. The van der Waals surface area contributed by atoms with Gasteiger partial charge in [0, 0.05) is 26.2 Å². The van der Waals surface area contributed by atoms with Crippen molar-refractivity contribution in [3.8, 4) is 6.07 Å². The molecule has 1 amide bonds. The minimum absolute atomic E-state index is 0.0641. The first-order chi connectivity index (χ1) is 8.77. The second kappa shape index (κ2) is 8.90. The van der Waals surface area contributed by atoms with Crippen molar-refractivity contribution in [2.24, 2.45) is 0 Å². The number of hydrogen-bond donors (Lipinski definition) is 1. The minimum atomic E-state index is 0.0641. The Kier molecular flexibility index (Phi) is 7.38. The summed E-state index contributed by atoms with van der Waals surface area (Å²) in [6, 6.07) is 2.57. The molecule has 0 aromatic carbocycles. The van der Waals surface area contributed by atoms with Gasteiger partial charge in [-0.15, -0.1) is 0 Å². The molecule has 0 bridgehead atoms. The van der Waals surface area contributed by atoms with Gasteiger partial charge in [-0.25, -0.2) is 0 Å². The van der Waals surface area contributed by atoms with Crippen molar-refractivity contribution in [2.75, 3.05) is 33.4 Å². The Morgan fingerprint density at radius 1 is 1.44 bits per heavy atom. The summed E-state index contributed by atoms with van der Waals surface area (Å²) in [5.41, 5.74) is 0. The van der Waals surface area contributed by atoms with Crippen molar-refractivity contribution in [2.45, 2.75) is 38.1 Å². The first-order valence-electron chi connectivity index (χ1n) is 6.65. The van der Waals surface area contributed by atoms with Crippen LogP contribution in [0.15, 0.2) is 0 Å². The third kappa shape index (κ3) is 5.48. The van der Waals surface area contributed by atoms with Crippen LogP contribution in [0.4, 0.5) is 0 Å². The normalized spacial score (nSPS) is 15.6. The molecule has 102 valence electrons. The zero-order valence-electron chi connectivity index (χ0n) is 11.2. The molecule has 0 aromatic rings. The Balaban J connectivity index is 2.29. The first kappa shape index (κ1) is 14.9. The van der Waals surface area contributed by atoms with E-state index in [1.54, 1.807) is 12.0 Å². The van der Waals surface area contributed by atoms with Crippen molar-refractivity contribution in [1.29, 1.82) is 5.26 Å². The van der Waals surface area contributed by atoms with Gasteiger partial charge in [0.15, 0.2) is 0 Å². The Hall–Kier alpha value is -1.12. The number of carbonyl (C=O) groups is 1. The molecule has 5 heteroatoms. The summed E-state index contributed by atoms with van der Waals surface area (Å²) in [5.74, 6) is 0.0641. The smallest absolute Gasteiger partial charge is 0.236 e. The van der Waals surface area contributed by atoms with Gasteiger partial charge < -0.3 is 15.0 Å². The number of ether oxygens (including phenoxy) is 1. The minimum Gasteiger partial charge on any atom is -0.383 e. The Morgan fingerprint density at radius 2 is 2.17 bits per heavy atom. The van der Waals surface area contributed by atoms with Crippen LogP contribution in [0, 0.1) is 11.3 Å². The van der Waals surface area contributed by atoms with Gasteiger partial charge in [0.2, 0.25) is 5.91 Å². The van der Waals surface area contributed by atoms with E-state index in [4.69, 9.17) is 10.00 Å². The van der Waals surface area contributed by atoms with Crippen molar-refractivity contribution in [3.63, 3.8) is 0 Å². The number of nitrogens with one attached hydrogen (secondary N) is 1. The van der Waals surface area contributed by atoms with Crippen LogP contribution < -0.4 is 5.32 Å². The molecule has 0 atom stereocenters. The predicted molar refractivity (Wildman–Crippen MR) is 68.9 cm³/mol. The van der Waals surface area contributed by atoms with Crippen molar-refractivity contribution >= 4 is 5.91 Å². The highest BCUT2D eigenvalue weighted by molar-refractivity contribution is 5.78. The van der Waals surface area contributed by atoms with Crippen LogP contribution in [0.3, 0.4) is 0 Å². The van der Waals surface area contributed by atoms with E-state index in [1.807, 2.05) is 0 Å². The summed E-state index contributed by atoms with van der Waals surface area (Å²) >= 11 is 0. The lowest BCUT2D eigenvalue weighted by Crippen LogP contribution is -2.42. The van der Waals surface area contributed by atoms with Crippen LogP contribution in [-0.2, 0) is 9.53 Å². The van der Waals surface area contributed by atoms with Crippen molar-refractivity contribution in [1.82, 2.24) is 10.2 Å². The first-order valence-corrected chi connectivity index (χ1v) is 6.65. The SMILES string of the molecule is COCCN(CCC#N)C(=O)CNC1CCCC1. The number of rotatable bonds is 8. The van der Waals surface area contributed by atoms with Gasteiger partial charge in [-0.1, -0.05) is 12.8 Å². The molecule has 5 nitrogen and oxygen atoms in total. The average molecular weight is 253 g/mol. The molecule has 1 rings (SSSR count). The number of hydrogen-bond acceptors (Lipinski definition) is 4. The molecule has 0 radical (unpaired) electrons. The summed E-state index contributed by atoms with van der Waals surface area (Å²) in [6.45, 7) is 1.94. The zero-order valence-corrected chi connectivity index (χ0v) is 11.2. The van der Waals surface area contributed by atoms with Gasteiger partial charge in [0.1, 0.15) is 0 Å². The van der Waals surface area contributed by atoms with Crippen LogP contribution in [0.25, 0.3) is 0 Å². The van der Waals surface area contributed by atoms with Crippen molar-refractivity contribution < 1.29 is 9.53 Å². The number of amides is 1. The molecule has 0 aliphatic heterocycles. The molecule has 0 saturated heterocycles. The third-order valence-corrected chi connectivity index (χ3v) is 3.31. The molecular weight excluding hydrogens is 230 g/mol. The van der Waals surface area contributed by atoms with Gasteiger partial charge >= 0.3 is 0 Å². The van der Waals surface area contributed by atoms with E-state index in [1.165, 1.54) is 25.7 Å². The third-order valence-electron chi connectivity index (χ3n) is 3.31. The topological polar surface area (TPSA) is 65.4 Å². The monoisotopic (exact) mass is 253 g/mol. The van der Waals surface area contributed by atoms with E-state index in [2.05, 4.69) is 11.4 Å². The quantitative estimate of drug-likeness (QED) is 0.698. The van der Waals surface area contributed by atoms with Crippen LogP contribution in [0.1, 0.15) is 32.1 Å². The molecule has 0 unspecified atom stereocenters. The fourth-order valence-corrected chi connectivity index (χ4v) is 2.22. The molecule has 1 N–H and O–H groups in total. The van der Waals surface area contributed by atoms with Crippen LogP contribution in [0.5, 0.6) is 0 Å². The molecule has 1 aliphatic carbocycles. The van der Waals surface area contributed by atoms with Gasteiger partial charge in [-0.3, -0.25) is 4.79 Å². The Labute approximate surface area is 109 Å². The number of carbonyl (C=O) groups excluding carboxylic acids is 1. The molecule has 0 aromatic heterocycles. The summed E-state index contributed by atoms with van der Waals surface area (Å²) in [4.78, 5) is 13.7. The number of nitrogens with zero attached hydrogens (tertiary/aromatic N) is 2. The lowest BCUT2D eigenvalue weighted by molar-refractivity contribution is -0.130. The number of methoxy groups -OCH3 is 1. The summed E-state index contributed by atoms with van der Waals surface area (Å²) in [7, 11) is 1.61. The van der Waals surface area contributed by atoms with E-state index in [0.717, 1.165) is 0 Å². The van der Waals surface area contributed by atoms with Gasteiger partial charge in [0.25, 0.3) is 0 Å².